The van der Waals surface area contributed by atoms with Crippen LogP contribution in [0.5, 0.6) is 0 Å². The van der Waals surface area contributed by atoms with E-state index < -0.39 is 24.3 Å². The van der Waals surface area contributed by atoms with Gasteiger partial charge in [0.25, 0.3) is 11.8 Å². The van der Waals surface area contributed by atoms with Gasteiger partial charge in [-0.3, -0.25) is 19.6 Å². The van der Waals surface area contributed by atoms with Crippen LogP contribution in [-0.4, -0.2) is 92.3 Å². The molecule has 0 bridgehead atoms. The molecular formula is C24H24F6N4O6. The summed E-state index contributed by atoms with van der Waals surface area (Å²) in [7, 11) is 0. The minimum atomic E-state index is -5.08. The molecule has 16 heteroatoms. The lowest BCUT2D eigenvalue weighted by atomic mass is 9.77. The molecule has 2 aliphatic heterocycles. The molecule has 0 radical (unpaired) electrons. The molecule has 2 aliphatic rings. The minimum Gasteiger partial charge on any atom is -0.475 e. The smallest absolute Gasteiger partial charge is 0.475 e. The van der Waals surface area contributed by atoms with E-state index in [1.165, 1.54) is 0 Å². The van der Waals surface area contributed by atoms with Crippen LogP contribution < -0.4 is 0 Å². The van der Waals surface area contributed by atoms with Gasteiger partial charge in [-0.05, 0) is 48.9 Å². The summed E-state index contributed by atoms with van der Waals surface area (Å²) in [6, 6.07) is 9.02. The molecular weight excluding hydrogens is 554 g/mol. The van der Waals surface area contributed by atoms with Crippen LogP contribution in [0.4, 0.5) is 26.3 Å². The molecule has 2 aromatic rings. The van der Waals surface area contributed by atoms with Crippen molar-refractivity contribution in [3.05, 3.63) is 60.2 Å². The van der Waals surface area contributed by atoms with Crippen molar-refractivity contribution in [2.24, 2.45) is 5.41 Å². The lowest BCUT2D eigenvalue weighted by molar-refractivity contribution is -0.193. The predicted octanol–water partition coefficient (Wildman–Crippen LogP) is 3.51. The molecule has 4 heterocycles. The van der Waals surface area contributed by atoms with E-state index in [1.807, 2.05) is 28.0 Å². The molecule has 0 saturated carbocycles. The van der Waals surface area contributed by atoms with Crippen LogP contribution in [0.15, 0.2) is 48.9 Å². The van der Waals surface area contributed by atoms with E-state index in [4.69, 9.17) is 19.8 Å². The highest BCUT2D eigenvalue weighted by Crippen LogP contribution is 2.41. The number of nitrogens with zero attached hydrogens (tertiary/aromatic N) is 4. The first-order valence-electron chi connectivity index (χ1n) is 11.6. The van der Waals surface area contributed by atoms with Gasteiger partial charge in [-0.15, -0.1) is 0 Å². The average molecular weight is 578 g/mol. The zero-order chi connectivity index (χ0) is 30.1. The number of carboxylic acids is 2. The molecule has 40 heavy (non-hydrogen) atoms. The lowest BCUT2D eigenvalue weighted by Crippen LogP contribution is -2.44. The fourth-order valence-corrected chi connectivity index (χ4v) is 4.02. The third kappa shape index (κ3) is 9.20. The maximum atomic E-state index is 12.6. The molecule has 2 N–H and O–H groups in total. The number of aliphatic carboxylic acids is 2. The molecule has 2 aromatic heterocycles. The van der Waals surface area contributed by atoms with Gasteiger partial charge in [0.1, 0.15) is 5.69 Å². The van der Waals surface area contributed by atoms with E-state index in [2.05, 4.69) is 9.97 Å². The standard InChI is InChI=1S/C20H22N4O2.2C2HF3O2/c25-18(16-4-3-9-21-14-16)24-13-8-20(15-24)6-11-23(12-7-20)19(26)17-5-1-2-10-22-17;2*3-2(4,5)1(6)7/h1-5,9-10,14H,6-8,11-13,15H2;2*(H,6,7). The normalized spacial score (nSPS) is 16.2. The molecule has 0 aliphatic carbocycles. The highest BCUT2D eigenvalue weighted by molar-refractivity contribution is 5.94. The van der Waals surface area contributed by atoms with Crippen LogP contribution in [-0.2, 0) is 9.59 Å². The van der Waals surface area contributed by atoms with Gasteiger partial charge < -0.3 is 20.0 Å². The van der Waals surface area contributed by atoms with Gasteiger partial charge in [-0.25, -0.2) is 9.59 Å². The number of likely N-dealkylation sites (tertiary alicyclic amines) is 2. The van der Waals surface area contributed by atoms with Crippen LogP contribution in [0.3, 0.4) is 0 Å². The summed E-state index contributed by atoms with van der Waals surface area (Å²) >= 11 is 0. The number of rotatable bonds is 2. The Bertz CT molecular complexity index is 1150. The average Bonchev–Trinajstić information content (AvgIpc) is 3.32. The minimum absolute atomic E-state index is 0.00161. The van der Waals surface area contributed by atoms with Crippen LogP contribution in [0.1, 0.15) is 40.1 Å². The van der Waals surface area contributed by atoms with Crippen molar-refractivity contribution >= 4 is 23.8 Å². The molecule has 4 rings (SSSR count). The van der Waals surface area contributed by atoms with Gasteiger partial charge in [0.15, 0.2) is 0 Å². The summed E-state index contributed by atoms with van der Waals surface area (Å²) in [5.41, 5.74) is 1.29. The fourth-order valence-electron chi connectivity index (χ4n) is 4.02. The van der Waals surface area contributed by atoms with E-state index in [1.54, 1.807) is 30.7 Å². The number of amides is 2. The summed E-state index contributed by atoms with van der Waals surface area (Å²) in [6.07, 6.45) is -2.34. The van der Waals surface area contributed by atoms with E-state index in [-0.39, 0.29) is 17.2 Å². The Morgan fingerprint density at radius 3 is 1.70 bits per heavy atom. The molecule has 1 spiro atoms. The van der Waals surface area contributed by atoms with Crippen molar-refractivity contribution in [1.82, 2.24) is 19.8 Å². The second-order valence-electron chi connectivity index (χ2n) is 8.83. The van der Waals surface area contributed by atoms with Crippen molar-refractivity contribution < 1.29 is 55.7 Å². The summed E-state index contributed by atoms with van der Waals surface area (Å²) in [5, 5.41) is 14.2. The molecule has 2 saturated heterocycles. The number of piperidine rings is 1. The topological polar surface area (TPSA) is 141 Å². The maximum absolute atomic E-state index is 12.6. The molecule has 0 aromatic carbocycles. The van der Waals surface area contributed by atoms with E-state index in [0.29, 0.717) is 11.3 Å². The number of halogens is 6. The number of carbonyl (C=O) groups is 4. The molecule has 2 fully saturated rings. The number of hydrogen-bond donors (Lipinski definition) is 2. The second-order valence-corrected chi connectivity index (χ2v) is 8.83. The lowest BCUT2D eigenvalue weighted by Gasteiger charge is -2.39. The Kier molecular flexibility index (Phi) is 10.6. The van der Waals surface area contributed by atoms with Gasteiger partial charge in [0.2, 0.25) is 0 Å². The number of pyridine rings is 2. The first kappa shape index (κ1) is 32.0. The molecule has 0 unspecified atom stereocenters. The Morgan fingerprint density at radius 1 is 0.750 bits per heavy atom. The Morgan fingerprint density at radius 2 is 1.27 bits per heavy atom. The van der Waals surface area contributed by atoms with E-state index in [9.17, 15) is 35.9 Å². The zero-order valence-corrected chi connectivity index (χ0v) is 20.7. The highest BCUT2D eigenvalue weighted by atomic mass is 19.4. The first-order valence-corrected chi connectivity index (χ1v) is 11.6. The van der Waals surface area contributed by atoms with Crippen molar-refractivity contribution in [2.75, 3.05) is 26.2 Å². The Labute approximate surface area is 223 Å². The van der Waals surface area contributed by atoms with Gasteiger partial charge in [-0.2, -0.15) is 26.3 Å². The molecule has 10 nitrogen and oxygen atoms in total. The molecule has 2 amide bonds. The van der Waals surface area contributed by atoms with Gasteiger partial charge in [-0.1, -0.05) is 6.07 Å². The SMILES string of the molecule is O=C(O)C(F)(F)F.O=C(O)C(F)(F)F.O=C(c1cccnc1)N1CCC2(CCN(C(=O)c3ccccn3)CC2)C1. The maximum Gasteiger partial charge on any atom is 0.490 e. The largest absolute Gasteiger partial charge is 0.490 e. The molecule has 0 atom stereocenters. The number of carbonyl (C=O) groups excluding carboxylic acids is 2. The van der Waals surface area contributed by atoms with Crippen molar-refractivity contribution in [1.29, 1.82) is 0 Å². The van der Waals surface area contributed by atoms with E-state index >= 15 is 0 Å². The highest BCUT2D eigenvalue weighted by Gasteiger charge is 2.43. The predicted molar refractivity (Wildman–Crippen MR) is 124 cm³/mol. The molecule has 218 valence electrons. The van der Waals surface area contributed by atoms with Crippen molar-refractivity contribution in [2.45, 2.75) is 31.6 Å². The van der Waals surface area contributed by atoms with Gasteiger partial charge in [0.05, 0.1) is 5.56 Å². The Hall–Kier alpha value is -4.24. The second kappa shape index (κ2) is 13.2. The van der Waals surface area contributed by atoms with Crippen LogP contribution in [0, 0.1) is 5.41 Å². The zero-order valence-electron chi connectivity index (χ0n) is 20.7. The fraction of sp³-hybridized carbons (Fsp3) is 0.417. The third-order valence-corrected chi connectivity index (χ3v) is 6.11. The number of alkyl halides is 6. The number of carboxylic acid groups (broad SMARTS) is 2. The van der Waals surface area contributed by atoms with Crippen LogP contribution in [0.25, 0.3) is 0 Å². The van der Waals surface area contributed by atoms with Crippen LogP contribution in [0.2, 0.25) is 0 Å². The first-order chi connectivity index (χ1) is 18.6. The monoisotopic (exact) mass is 578 g/mol. The summed E-state index contributed by atoms with van der Waals surface area (Å²) in [6.45, 7) is 3.00. The third-order valence-electron chi connectivity index (χ3n) is 6.11. The van der Waals surface area contributed by atoms with Gasteiger partial charge >= 0.3 is 24.3 Å². The Balaban J connectivity index is 0.000000333. The summed E-state index contributed by atoms with van der Waals surface area (Å²) < 4.78 is 63.5. The number of hydrogen-bond acceptors (Lipinski definition) is 6. The van der Waals surface area contributed by atoms with Crippen LogP contribution >= 0.6 is 0 Å². The summed E-state index contributed by atoms with van der Waals surface area (Å²) in [5.74, 6) is -5.45. The quantitative estimate of drug-likeness (QED) is 0.516. The van der Waals surface area contributed by atoms with Crippen molar-refractivity contribution in [3.63, 3.8) is 0 Å². The summed E-state index contributed by atoms with van der Waals surface area (Å²) in [4.78, 5) is 55.0. The van der Waals surface area contributed by atoms with Gasteiger partial charge in [0, 0.05) is 44.8 Å². The van der Waals surface area contributed by atoms with Crippen molar-refractivity contribution in [3.8, 4) is 0 Å². The number of aromatic nitrogens is 2. The van der Waals surface area contributed by atoms with E-state index in [0.717, 1.165) is 45.4 Å².